The molecule has 2 aromatic rings. The number of hydrogen-bond donors (Lipinski definition) is 1. The minimum Gasteiger partial charge on any atom is -0.423 e. The molecular weight excluding hydrogens is 352 g/mol. The number of rotatable bonds is 6. The van der Waals surface area contributed by atoms with Gasteiger partial charge in [-0.2, -0.15) is 0 Å². The van der Waals surface area contributed by atoms with Crippen LogP contribution < -0.4 is 15.0 Å². The second-order valence-electron chi connectivity index (χ2n) is 6.29. The summed E-state index contributed by atoms with van der Waals surface area (Å²) in [5.41, 5.74) is 2.63. The molecular formula is C20H21ClN2O3. The summed E-state index contributed by atoms with van der Waals surface area (Å²) >= 11 is 6.03. The van der Waals surface area contributed by atoms with E-state index in [4.69, 9.17) is 16.3 Å². The number of amides is 1. The van der Waals surface area contributed by atoms with Gasteiger partial charge in [-0.1, -0.05) is 37.1 Å². The fourth-order valence-electron chi connectivity index (χ4n) is 2.87. The average molecular weight is 373 g/mol. The maximum atomic E-state index is 12.4. The molecule has 0 atom stereocenters. The van der Waals surface area contributed by atoms with E-state index < -0.39 is 5.97 Å². The van der Waals surface area contributed by atoms with Crippen LogP contribution in [0.2, 0.25) is 5.02 Å². The quantitative estimate of drug-likeness (QED) is 0.614. The second-order valence-corrected chi connectivity index (χ2v) is 6.73. The van der Waals surface area contributed by atoms with E-state index in [0.29, 0.717) is 16.5 Å². The van der Waals surface area contributed by atoms with Crippen LogP contribution in [0.1, 0.15) is 25.3 Å². The van der Waals surface area contributed by atoms with Crippen molar-refractivity contribution in [3.63, 3.8) is 0 Å². The lowest BCUT2D eigenvalue weighted by Crippen LogP contribution is -2.41. The number of aryl methyl sites for hydroxylation is 1. The number of esters is 1. The number of carbonyl (C=O) groups excluding carboxylic acids is 2. The summed E-state index contributed by atoms with van der Waals surface area (Å²) < 4.78 is 5.19. The van der Waals surface area contributed by atoms with Crippen molar-refractivity contribution in [2.24, 2.45) is 0 Å². The van der Waals surface area contributed by atoms with Crippen LogP contribution in [-0.2, 0) is 16.0 Å². The van der Waals surface area contributed by atoms with Gasteiger partial charge < -0.3 is 15.0 Å². The van der Waals surface area contributed by atoms with E-state index in [9.17, 15) is 9.59 Å². The number of fused-ring (bicyclic) bond motifs is 1. The highest BCUT2D eigenvalue weighted by Gasteiger charge is 2.25. The molecule has 26 heavy (non-hydrogen) atoms. The lowest BCUT2D eigenvalue weighted by molar-refractivity contribution is -0.133. The summed E-state index contributed by atoms with van der Waals surface area (Å²) in [7, 11) is 0. The number of nitrogens with one attached hydrogen (secondary N) is 1. The van der Waals surface area contributed by atoms with Crippen molar-refractivity contribution in [1.82, 2.24) is 0 Å². The number of anilines is 2. The number of halogens is 1. The topological polar surface area (TPSA) is 58.6 Å². The van der Waals surface area contributed by atoms with E-state index >= 15 is 0 Å². The fourth-order valence-corrected chi connectivity index (χ4v) is 3.04. The van der Waals surface area contributed by atoms with Gasteiger partial charge in [-0.25, -0.2) is 4.79 Å². The number of ether oxygens (including phenoxy) is 1. The Labute approximate surface area is 157 Å². The predicted octanol–water partition coefficient (Wildman–Crippen LogP) is 4.05. The van der Waals surface area contributed by atoms with Gasteiger partial charge in [-0.15, -0.1) is 0 Å². The molecule has 3 rings (SSSR count). The van der Waals surface area contributed by atoms with Crippen molar-refractivity contribution in [2.75, 3.05) is 23.3 Å². The highest BCUT2D eigenvalue weighted by molar-refractivity contribution is 6.31. The minimum absolute atomic E-state index is 0.0106. The summed E-state index contributed by atoms with van der Waals surface area (Å²) in [6, 6.07) is 12.8. The zero-order valence-electron chi connectivity index (χ0n) is 14.6. The van der Waals surface area contributed by atoms with E-state index in [2.05, 4.69) is 12.2 Å². The Morgan fingerprint density at radius 3 is 2.73 bits per heavy atom. The maximum Gasteiger partial charge on any atom is 0.331 e. The monoisotopic (exact) mass is 372 g/mol. The van der Waals surface area contributed by atoms with Gasteiger partial charge in [0, 0.05) is 10.7 Å². The smallest absolute Gasteiger partial charge is 0.331 e. The van der Waals surface area contributed by atoms with Crippen LogP contribution in [0.4, 0.5) is 11.4 Å². The maximum absolute atomic E-state index is 12.4. The van der Waals surface area contributed by atoms with Crippen molar-refractivity contribution in [2.45, 2.75) is 26.2 Å². The summed E-state index contributed by atoms with van der Waals surface area (Å²) in [4.78, 5) is 25.8. The molecule has 5 nitrogen and oxygen atoms in total. The second kappa shape index (κ2) is 8.23. The highest BCUT2D eigenvalue weighted by atomic mass is 35.5. The first-order valence-electron chi connectivity index (χ1n) is 8.69. The van der Waals surface area contributed by atoms with Gasteiger partial charge in [0.25, 0.3) is 0 Å². The van der Waals surface area contributed by atoms with Gasteiger partial charge in [0.05, 0.1) is 12.2 Å². The van der Waals surface area contributed by atoms with E-state index in [1.54, 1.807) is 23.1 Å². The Kier molecular flexibility index (Phi) is 5.78. The Morgan fingerprint density at radius 2 is 2.00 bits per heavy atom. The van der Waals surface area contributed by atoms with Crippen molar-refractivity contribution in [3.05, 3.63) is 53.1 Å². The molecule has 1 amide bonds. The zero-order valence-corrected chi connectivity index (χ0v) is 15.4. The fraction of sp³-hybridized carbons (Fsp3) is 0.300. The van der Waals surface area contributed by atoms with E-state index in [-0.39, 0.29) is 19.0 Å². The van der Waals surface area contributed by atoms with Crippen molar-refractivity contribution >= 4 is 34.9 Å². The van der Waals surface area contributed by atoms with Gasteiger partial charge in [-0.3, -0.25) is 4.79 Å². The molecule has 0 spiro atoms. The number of benzene rings is 2. The molecule has 0 saturated carbocycles. The van der Waals surface area contributed by atoms with Gasteiger partial charge in [-0.05, 0) is 48.7 Å². The lowest BCUT2D eigenvalue weighted by atomic mass is 10.1. The minimum atomic E-state index is -0.395. The number of hydrogen-bond acceptors (Lipinski definition) is 4. The van der Waals surface area contributed by atoms with Gasteiger partial charge in [0.1, 0.15) is 6.54 Å². The molecule has 136 valence electrons. The van der Waals surface area contributed by atoms with Crippen LogP contribution >= 0.6 is 11.6 Å². The summed E-state index contributed by atoms with van der Waals surface area (Å²) in [6.45, 7) is 2.22. The van der Waals surface area contributed by atoms with Crippen molar-refractivity contribution < 1.29 is 14.3 Å². The van der Waals surface area contributed by atoms with Gasteiger partial charge in [0.2, 0.25) is 5.91 Å². The Bertz CT molecular complexity index is 805. The molecule has 0 fully saturated rings. The van der Waals surface area contributed by atoms with E-state index in [1.165, 1.54) is 5.56 Å². The number of unbranched alkanes of at least 4 members (excludes halogenated alkanes) is 1. The summed E-state index contributed by atoms with van der Waals surface area (Å²) in [5.74, 6) is -0.182. The van der Waals surface area contributed by atoms with E-state index in [1.807, 2.05) is 24.3 Å². The highest BCUT2D eigenvalue weighted by Crippen LogP contribution is 2.34. The zero-order chi connectivity index (χ0) is 18.5. The number of nitrogens with zero attached hydrogens (tertiary/aromatic N) is 1. The summed E-state index contributed by atoms with van der Waals surface area (Å²) in [6.07, 6.45) is 3.35. The molecule has 1 N–H and O–H groups in total. The molecule has 1 heterocycles. The Morgan fingerprint density at radius 1 is 1.23 bits per heavy atom. The number of carbonyl (C=O) groups is 2. The molecule has 0 unspecified atom stereocenters. The Balaban J connectivity index is 1.65. The molecule has 1 aliphatic heterocycles. The van der Waals surface area contributed by atoms with Crippen LogP contribution in [0.15, 0.2) is 42.5 Å². The average Bonchev–Trinajstić information content (AvgIpc) is 2.61. The molecule has 0 bridgehead atoms. The van der Waals surface area contributed by atoms with Crippen LogP contribution in [0.25, 0.3) is 0 Å². The third-order valence-electron chi connectivity index (χ3n) is 4.20. The van der Waals surface area contributed by atoms with Crippen LogP contribution in [-0.4, -0.2) is 25.0 Å². The first-order chi connectivity index (χ1) is 12.5. The first kappa shape index (κ1) is 18.3. The molecule has 2 aromatic carbocycles. The molecule has 1 aliphatic rings. The third kappa shape index (κ3) is 4.55. The molecule has 0 radical (unpaired) electrons. The molecule has 0 aliphatic carbocycles. The van der Waals surface area contributed by atoms with Gasteiger partial charge >= 0.3 is 5.97 Å². The normalized spacial score (nSPS) is 13.2. The lowest BCUT2D eigenvalue weighted by Gasteiger charge is -2.29. The van der Waals surface area contributed by atoms with Crippen LogP contribution in [0.3, 0.4) is 0 Å². The molecule has 0 aromatic heterocycles. The largest absolute Gasteiger partial charge is 0.423 e. The molecule has 0 saturated heterocycles. The predicted molar refractivity (Wildman–Crippen MR) is 103 cm³/mol. The van der Waals surface area contributed by atoms with E-state index in [0.717, 1.165) is 24.9 Å². The van der Waals surface area contributed by atoms with Crippen LogP contribution in [0, 0.1) is 0 Å². The SMILES string of the molecule is CCCCc1ccc(NC(=O)CN2CC(=O)Oc3ccc(Cl)cc32)cc1. The van der Waals surface area contributed by atoms with Crippen molar-refractivity contribution in [3.8, 4) is 5.75 Å². The Hall–Kier alpha value is -2.53. The standard InChI is InChI=1S/C20H21ClN2O3/c1-2-3-4-14-5-8-16(9-6-14)22-19(24)12-23-13-20(25)26-18-10-7-15(21)11-17(18)23/h5-11H,2-4,12-13H2,1H3,(H,22,24). The van der Waals surface area contributed by atoms with Crippen LogP contribution in [0.5, 0.6) is 5.75 Å². The summed E-state index contributed by atoms with van der Waals surface area (Å²) in [5, 5.41) is 3.39. The van der Waals surface area contributed by atoms with Crippen molar-refractivity contribution in [1.29, 1.82) is 0 Å². The van der Waals surface area contributed by atoms with Gasteiger partial charge in [0.15, 0.2) is 5.75 Å². The third-order valence-corrected chi connectivity index (χ3v) is 4.43. The first-order valence-corrected chi connectivity index (χ1v) is 9.07. The molecule has 6 heteroatoms.